The van der Waals surface area contributed by atoms with E-state index in [1.165, 1.54) is 6.92 Å². The molecule has 1 atom stereocenters. The predicted octanol–water partition coefficient (Wildman–Crippen LogP) is 5.26. The summed E-state index contributed by atoms with van der Waals surface area (Å²) in [6, 6.07) is 0. The number of halogens is 5. The topological polar surface area (TPSA) is 26.3 Å². The minimum atomic E-state index is -5.15. The summed E-state index contributed by atoms with van der Waals surface area (Å²) in [4.78, 5) is 12.3. The van der Waals surface area contributed by atoms with E-state index in [-0.39, 0.29) is 12.0 Å². The highest BCUT2D eigenvalue weighted by molar-refractivity contribution is 5.89. The van der Waals surface area contributed by atoms with E-state index in [4.69, 9.17) is 4.74 Å². The monoisotopic (exact) mass is 346 g/mol. The third kappa shape index (κ3) is 4.43. The Labute approximate surface area is 134 Å². The van der Waals surface area contributed by atoms with Crippen molar-refractivity contribution in [3.63, 3.8) is 0 Å². The Morgan fingerprint density at radius 3 is 1.61 bits per heavy atom. The van der Waals surface area contributed by atoms with Crippen molar-refractivity contribution in [3.8, 4) is 0 Å². The first-order valence-electron chi connectivity index (χ1n) is 7.39. The Balaban J connectivity index is 5.49. The zero-order valence-corrected chi connectivity index (χ0v) is 15.0. The number of ketones is 1. The summed E-state index contributed by atoms with van der Waals surface area (Å²) in [6.07, 6.45) is -6.37. The lowest BCUT2D eigenvalue weighted by Crippen LogP contribution is -2.59. The van der Waals surface area contributed by atoms with Crippen LogP contribution in [0.1, 0.15) is 55.4 Å². The normalized spacial score (nSPS) is 16.4. The molecule has 0 N–H and O–H groups in total. The molecule has 0 rings (SSSR count). The summed E-state index contributed by atoms with van der Waals surface area (Å²) >= 11 is 0. The molecule has 0 radical (unpaired) electrons. The highest BCUT2D eigenvalue weighted by Gasteiger charge is 2.70. The van der Waals surface area contributed by atoms with Crippen LogP contribution in [0.2, 0.25) is 0 Å². The molecular weight excluding hydrogens is 319 g/mol. The number of hydrogen-bond acceptors (Lipinski definition) is 2. The Kier molecular flexibility index (Phi) is 6.10. The average molecular weight is 346 g/mol. The molecule has 1 unspecified atom stereocenters. The summed E-state index contributed by atoms with van der Waals surface area (Å²) < 4.78 is 73.4. The standard InChI is InChI=1S/C16H27F5O2/c1-10(23-9-12(2,3)4)11(22)13(5,6)15(17,18)14(7,8)16(19,20)21/h10H,9H2,1-8H3. The van der Waals surface area contributed by atoms with E-state index in [9.17, 15) is 26.7 Å². The van der Waals surface area contributed by atoms with E-state index in [0.717, 1.165) is 13.8 Å². The predicted molar refractivity (Wildman–Crippen MR) is 78.4 cm³/mol. The fourth-order valence-corrected chi connectivity index (χ4v) is 2.07. The Bertz CT molecular complexity index is 431. The van der Waals surface area contributed by atoms with Crippen molar-refractivity contribution < 1.29 is 31.5 Å². The van der Waals surface area contributed by atoms with Gasteiger partial charge in [-0.15, -0.1) is 0 Å². The smallest absolute Gasteiger partial charge is 0.370 e. The van der Waals surface area contributed by atoms with E-state index in [2.05, 4.69) is 0 Å². The lowest BCUT2D eigenvalue weighted by molar-refractivity contribution is -0.309. The van der Waals surface area contributed by atoms with Crippen LogP contribution in [0.25, 0.3) is 0 Å². The summed E-state index contributed by atoms with van der Waals surface area (Å²) in [7, 11) is 0. The van der Waals surface area contributed by atoms with Crippen molar-refractivity contribution in [2.45, 2.75) is 73.6 Å². The van der Waals surface area contributed by atoms with Crippen LogP contribution in [0.4, 0.5) is 22.0 Å². The van der Waals surface area contributed by atoms with Gasteiger partial charge in [-0.2, -0.15) is 13.2 Å². The van der Waals surface area contributed by atoms with Crippen molar-refractivity contribution in [2.75, 3.05) is 6.61 Å². The van der Waals surface area contributed by atoms with Gasteiger partial charge in [0, 0.05) is 0 Å². The molecule has 0 aromatic carbocycles. The molecule has 0 saturated heterocycles. The lowest BCUT2D eigenvalue weighted by atomic mass is 9.67. The largest absolute Gasteiger partial charge is 0.399 e. The van der Waals surface area contributed by atoms with Gasteiger partial charge in [-0.1, -0.05) is 20.8 Å². The zero-order chi connectivity index (χ0) is 19.1. The quantitative estimate of drug-likeness (QED) is 0.614. The molecule has 0 aliphatic rings. The SMILES string of the molecule is CC(OCC(C)(C)C)C(=O)C(C)(C)C(F)(F)C(C)(C)C(F)(F)F. The number of carbonyl (C=O) groups excluding carboxylic acids is 1. The summed E-state index contributed by atoms with van der Waals surface area (Å²) in [5, 5.41) is 0. The fraction of sp³-hybridized carbons (Fsp3) is 0.938. The van der Waals surface area contributed by atoms with E-state index in [1.54, 1.807) is 0 Å². The molecule has 0 aliphatic carbocycles. The molecular formula is C16H27F5O2. The van der Waals surface area contributed by atoms with Gasteiger partial charge in [-0.3, -0.25) is 4.79 Å². The first-order chi connectivity index (χ1) is 9.79. The van der Waals surface area contributed by atoms with Gasteiger partial charge in [0.05, 0.1) is 12.0 Å². The molecule has 7 heteroatoms. The van der Waals surface area contributed by atoms with E-state index in [0.29, 0.717) is 13.8 Å². The van der Waals surface area contributed by atoms with Crippen LogP contribution in [-0.4, -0.2) is 30.6 Å². The Morgan fingerprint density at radius 1 is 0.913 bits per heavy atom. The summed E-state index contributed by atoms with van der Waals surface area (Å²) in [6.45, 7) is 9.38. The van der Waals surface area contributed by atoms with Gasteiger partial charge in [0.15, 0.2) is 5.78 Å². The van der Waals surface area contributed by atoms with Gasteiger partial charge in [-0.05, 0) is 40.0 Å². The molecule has 0 saturated carbocycles. The highest BCUT2D eigenvalue weighted by atomic mass is 19.4. The van der Waals surface area contributed by atoms with Crippen LogP contribution in [-0.2, 0) is 9.53 Å². The maximum Gasteiger partial charge on any atom is 0.399 e. The van der Waals surface area contributed by atoms with Crippen molar-refractivity contribution >= 4 is 5.78 Å². The van der Waals surface area contributed by atoms with E-state index >= 15 is 0 Å². The maximum atomic E-state index is 14.6. The van der Waals surface area contributed by atoms with Gasteiger partial charge < -0.3 is 4.74 Å². The number of rotatable bonds is 6. The van der Waals surface area contributed by atoms with Crippen molar-refractivity contribution in [1.29, 1.82) is 0 Å². The van der Waals surface area contributed by atoms with Crippen LogP contribution < -0.4 is 0 Å². The fourth-order valence-electron chi connectivity index (χ4n) is 2.07. The Hall–Kier alpha value is -0.720. The second-order valence-corrected chi connectivity index (χ2v) is 8.20. The van der Waals surface area contributed by atoms with Crippen LogP contribution in [0.15, 0.2) is 0 Å². The third-order valence-electron chi connectivity index (χ3n) is 4.03. The lowest BCUT2D eigenvalue weighted by Gasteiger charge is -2.44. The van der Waals surface area contributed by atoms with Crippen molar-refractivity contribution in [2.24, 2.45) is 16.2 Å². The first kappa shape index (κ1) is 22.3. The minimum absolute atomic E-state index is 0.129. The molecule has 2 nitrogen and oxygen atoms in total. The average Bonchev–Trinajstić information content (AvgIpc) is 2.32. The maximum absolute atomic E-state index is 14.6. The van der Waals surface area contributed by atoms with Gasteiger partial charge in [-0.25, -0.2) is 8.78 Å². The van der Waals surface area contributed by atoms with Gasteiger partial charge in [0.25, 0.3) is 5.92 Å². The number of hydrogen-bond donors (Lipinski definition) is 0. The number of Topliss-reactive ketones (excluding diaryl/α,β-unsaturated/α-hetero) is 1. The Morgan fingerprint density at radius 2 is 1.30 bits per heavy atom. The molecule has 0 fully saturated rings. The van der Waals surface area contributed by atoms with Gasteiger partial charge >= 0.3 is 6.18 Å². The second-order valence-electron chi connectivity index (χ2n) is 8.20. The summed E-state index contributed by atoms with van der Waals surface area (Å²) in [5.41, 5.74) is -6.17. The van der Waals surface area contributed by atoms with E-state index < -0.39 is 34.8 Å². The molecule has 23 heavy (non-hydrogen) atoms. The molecule has 0 aliphatic heterocycles. The van der Waals surface area contributed by atoms with Crippen molar-refractivity contribution in [1.82, 2.24) is 0 Å². The van der Waals surface area contributed by atoms with Gasteiger partial charge in [0.1, 0.15) is 11.5 Å². The van der Waals surface area contributed by atoms with Crippen LogP contribution in [0.5, 0.6) is 0 Å². The molecule has 0 spiro atoms. The number of ether oxygens (including phenoxy) is 1. The highest BCUT2D eigenvalue weighted by Crippen LogP contribution is 2.56. The van der Waals surface area contributed by atoms with E-state index in [1.807, 2.05) is 20.8 Å². The van der Waals surface area contributed by atoms with Crippen LogP contribution >= 0.6 is 0 Å². The van der Waals surface area contributed by atoms with Crippen LogP contribution in [0, 0.1) is 16.2 Å². The zero-order valence-electron chi connectivity index (χ0n) is 15.0. The molecule has 138 valence electrons. The van der Waals surface area contributed by atoms with Crippen LogP contribution in [0.3, 0.4) is 0 Å². The molecule has 0 amide bonds. The molecule has 0 aromatic rings. The second kappa shape index (κ2) is 6.30. The first-order valence-corrected chi connectivity index (χ1v) is 7.39. The summed E-state index contributed by atoms with van der Waals surface area (Å²) in [5.74, 6) is -5.35. The minimum Gasteiger partial charge on any atom is -0.370 e. The third-order valence-corrected chi connectivity index (χ3v) is 4.03. The molecule has 0 bridgehead atoms. The number of alkyl halides is 5. The van der Waals surface area contributed by atoms with Crippen molar-refractivity contribution in [3.05, 3.63) is 0 Å². The number of carbonyl (C=O) groups is 1. The molecule has 0 aromatic heterocycles. The van der Waals surface area contributed by atoms with Gasteiger partial charge in [0.2, 0.25) is 0 Å². The molecule has 0 heterocycles.